The Balaban J connectivity index is 1.32. The third-order valence-corrected chi connectivity index (χ3v) is 6.32. The van der Waals surface area contributed by atoms with Crippen molar-refractivity contribution in [1.29, 1.82) is 0 Å². The SMILES string of the molecule is C[C@H]1CCCN(Cc2ccc(C(=O)N3CCN(c4cccc(Cl)c4)CC3)cc2)C1. The number of amides is 1. The molecular weight excluding hydrogens is 382 g/mol. The number of carbonyl (C=O) groups excluding carboxylic acids is 1. The van der Waals surface area contributed by atoms with Crippen LogP contribution in [0, 0.1) is 5.92 Å². The molecule has 1 atom stereocenters. The van der Waals surface area contributed by atoms with Gasteiger partial charge in [-0.15, -0.1) is 0 Å². The highest BCUT2D eigenvalue weighted by atomic mass is 35.5. The summed E-state index contributed by atoms with van der Waals surface area (Å²) in [7, 11) is 0. The smallest absolute Gasteiger partial charge is 0.253 e. The zero-order chi connectivity index (χ0) is 20.2. The Morgan fingerprint density at radius 2 is 1.79 bits per heavy atom. The zero-order valence-corrected chi connectivity index (χ0v) is 17.9. The van der Waals surface area contributed by atoms with Gasteiger partial charge in [-0.3, -0.25) is 9.69 Å². The number of rotatable bonds is 4. The highest BCUT2D eigenvalue weighted by molar-refractivity contribution is 6.30. The fraction of sp³-hybridized carbons (Fsp3) is 0.458. The van der Waals surface area contributed by atoms with Gasteiger partial charge in [0.25, 0.3) is 5.91 Å². The molecule has 154 valence electrons. The maximum Gasteiger partial charge on any atom is 0.253 e. The van der Waals surface area contributed by atoms with Gasteiger partial charge in [0.2, 0.25) is 0 Å². The summed E-state index contributed by atoms with van der Waals surface area (Å²) >= 11 is 6.11. The molecule has 5 heteroatoms. The normalized spacial score (nSPS) is 20.7. The van der Waals surface area contributed by atoms with Crippen molar-refractivity contribution in [2.75, 3.05) is 44.2 Å². The van der Waals surface area contributed by atoms with E-state index in [1.165, 1.54) is 31.5 Å². The van der Waals surface area contributed by atoms with Gasteiger partial charge in [0, 0.05) is 55.5 Å². The number of piperidine rings is 1. The van der Waals surface area contributed by atoms with Crippen molar-refractivity contribution in [3.63, 3.8) is 0 Å². The first-order chi connectivity index (χ1) is 14.1. The molecule has 0 unspecified atom stereocenters. The van der Waals surface area contributed by atoms with E-state index in [-0.39, 0.29) is 5.91 Å². The molecule has 0 spiro atoms. The molecule has 4 nitrogen and oxygen atoms in total. The minimum Gasteiger partial charge on any atom is -0.368 e. The van der Waals surface area contributed by atoms with Crippen molar-refractivity contribution in [3.05, 3.63) is 64.7 Å². The standard InChI is InChI=1S/C24H30ClN3O/c1-19-4-3-11-26(17-19)18-20-7-9-21(10-8-20)24(29)28-14-12-27(13-15-28)23-6-2-5-22(25)16-23/h2,5-10,16,19H,3-4,11-15,17-18H2,1H3/t19-/m0/s1. The molecule has 0 saturated carbocycles. The van der Waals surface area contributed by atoms with E-state index in [4.69, 9.17) is 11.6 Å². The Kier molecular flexibility index (Phi) is 6.41. The van der Waals surface area contributed by atoms with Gasteiger partial charge in [-0.05, 0) is 61.2 Å². The molecular formula is C24H30ClN3O. The maximum absolute atomic E-state index is 12.9. The molecule has 2 aliphatic rings. The molecule has 2 saturated heterocycles. The Hall–Kier alpha value is -2.04. The molecule has 0 aromatic heterocycles. The summed E-state index contributed by atoms with van der Waals surface area (Å²) in [5.74, 6) is 0.920. The lowest BCUT2D eigenvalue weighted by Gasteiger charge is -2.36. The molecule has 0 aliphatic carbocycles. The van der Waals surface area contributed by atoms with Gasteiger partial charge in [0.15, 0.2) is 0 Å². The molecule has 2 aliphatic heterocycles. The van der Waals surface area contributed by atoms with Gasteiger partial charge in [-0.2, -0.15) is 0 Å². The summed E-state index contributed by atoms with van der Waals surface area (Å²) in [4.78, 5) is 19.7. The lowest BCUT2D eigenvalue weighted by atomic mass is 9.99. The van der Waals surface area contributed by atoms with E-state index < -0.39 is 0 Å². The maximum atomic E-state index is 12.9. The van der Waals surface area contributed by atoms with Gasteiger partial charge in [-0.25, -0.2) is 0 Å². The van der Waals surface area contributed by atoms with Crippen LogP contribution in [0.1, 0.15) is 35.7 Å². The van der Waals surface area contributed by atoms with E-state index in [2.05, 4.69) is 34.9 Å². The Morgan fingerprint density at radius 1 is 1.03 bits per heavy atom. The first-order valence-electron chi connectivity index (χ1n) is 10.7. The number of carbonyl (C=O) groups is 1. The average molecular weight is 412 g/mol. The Bertz CT molecular complexity index is 830. The largest absolute Gasteiger partial charge is 0.368 e. The molecule has 0 N–H and O–H groups in total. The summed E-state index contributed by atoms with van der Waals surface area (Å²) < 4.78 is 0. The van der Waals surface area contributed by atoms with Gasteiger partial charge in [-0.1, -0.05) is 36.7 Å². The van der Waals surface area contributed by atoms with Gasteiger partial charge < -0.3 is 9.80 Å². The highest BCUT2D eigenvalue weighted by Gasteiger charge is 2.22. The third-order valence-electron chi connectivity index (χ3n) is 6.09. The lowest BCUT2D eigenvalue weighted by Crippen LogP contribution is -2.48. The van der Waals surface area contributed by atoms with E-state index in [0.29, 0.717) is 0 Å². The van der Waals surface area contributed by atoms with Crippen molar-refractivity contribution in [1.82, 2.24) is 9.80 Å². The van der Waals surface area contributed by atoms with E-state index in [1.54, 1.807) is 0 Å². The number of hydrogen-bond acceptors (Lipinski definition) is 3. The van der Waals surface area contributed by atoms with E-state index in [1.807, 2.05) is 35.2 Å². The minimum atomic E-state index is 0.133. The second kappa shape index (κ2) is 9.19. The van der Waals surface area contributed by atoms with Crippen molar-refractivity contribution in [2.24, 2.45) is 5.92 Å². The van der Waals surface area contributed by atoms with Crippen LogP contribution in [0.25, 0.3) is 0 Å². The lowest BCUT2D eigenvalue weighted by molar-refractivity contribution is 0.0746. The van der Waals surface area contributed by atoms with E-state index in [9.17, 15) is 4.79 Å². The predicted octanol–water partition coefficient (Wildman–Crippen LogP) is 4.53. The number of hydrogen-bond donors (Lipinski definition) is 0. The van der Waals surface area contributed by atoms with Crippen LogP contribution in [0.15, 0.2) is 48.5 Å². The molecule has 2 heterocycles. The van der Waals surface area contributed by atoms with Crippen molar-refractivity contribution < 1.29 is 4.79 Å². The zero-order valence-electron chi connectivity index (χ0n) is 17.2. The molecule has 1 amide bonds. The molecule has 2 fully saturated rings. The third kappa shape index (κ3) is 5.12. The second-order valence-corrected chi connectivity index (χ2v) is 8.87. The summed E-state index contributed by atoms with van der Waals surface area (Å²) in [6.07, 6.45) is 2.63. The number of likely N-dealkylation sites (tertiary alicyclic amines) is 1. The average Bonchev–Trinajstić information content (AvgIpc) is 2.74. The Labute approximate surface area is 179 Å². The van der Waals surface area contributed by atoms with Crippen molar-refractivity contribution in [2.45, 2.75) is 26.3 Å². The summed E-state index contributed by atoms with van der Waals surface area (Å²) in [6.45, 7) is 8.81. The molecule has 2 aromatic rings. The minimum absolute atomic E-state index is 0.133. The van der Waals surface area contributed by atoms with Crippen molar-refractivity contribution in [3.8, 4) is 0 Å². The summed E-state index contributed by atoms with van der Waals surface area (Å²) in [5, 5.41) is 0.750. The topological polar surface area (TPSA) is 26.8 Å². The van der Waals surface area contributed by atoms with Crippen LogP contribution in [0.4, 0.5) is 5.69 Å². The van der Waals surface area contributed by atoms with Crippen LogP contribution in [0.2, 0.25) is 5.02 Å². The van der Waals surface area contributed by atoms with Crippen LogP contribution in [0.3, 0.4) is 0 Å². The van der Waals surface area contributed by atoms with Crippen LogP contribution in [-0.4, -0.2) is 55.0 Å². The number of nitrogens with zero attached hydrogens (tertiary/aromatic N) is 3. The van der Waals surface area contributed by atoms with Gasteiger partial charge in [0.05, 0.1) is 0 Å². The first kappa shape index (κ1) is 20.2. The molecule has 0 bridgehead atoms. The fourth-order valence-corrected chi connectivity index (χ4v) is 4.65. The number of benzene rings is 2. The Morgan fingerprint density at radius 3 is 2.48 bits per heavy atom. The van der Waals surface area contributed by atoms with Crippen LogP contribution in [0.5, 0.6) is 0 Å². The monoisotopic (exact) mass is 411 g/mol. The predicted molar refractivity (Wildman–Crippen MR) is 120 cm³/mol. The number of anilines is 1. The first-order valence-corrected chi connectivity index (χ1v) is 11.1. The van der Waals surface area contributed by atoms with Gasteiger partial charge >= 0.3 is 0 Å². The highest BCUT2D eigenvalue weighted by Crippen LogP contribution is 2.22. The van der Waals surface area contributed by atoms with Crippen LogP contribution < -0.4 is 4.90 Å². The van der Waals surface area contributed by atoms with E-state index in [0.717, 1.165) is 54.9 Å². The molecule has 2 aromatic carbocycles. The molecule has 4 rings (SSSR count). The number of halogens is 1. The van der Waals surface area contributed by atoms with Gasteiger partial charge in [0.1, 0.15) is 0 Å². The van der Waals surface area contributed by atoms with Crippen LogP contribution in [-0.2, 0) is 6.54 Å². The summed E-state index contributed by atoms with van der Waals surface area (Å²) in [6, 6.07) is 16.2. The summed E-state index contributed by atoms with van der Waals surface area (Å²) in [5.41, 5.74) is 3.21. The van der Waals surface area contributed by atoms with Crippen LogP contribution >= 0.6 is 11.6 Å². The fourth-order valence-electron chi connectivity index (χ4n) is 4.46. The van der Waals surface area contributed by atoms with Crippen molar-refractivity contribution >= 4 is 23.2 Å². The number of piperazine rings is 1. The molecule has 29 heavy (non-hydrogen) atoms. The second-order valence-electron chi connectivity index (χ2n) is 8.44. The molecule has 0 radical (unpaired) electrons. The quantitative estimate of drug-likeness (QED) is 0.739. The van der Waals surface area contributed by atoms with E-state index >= 15 is 0 Å².